The highest BCUT2D eigenvalue weighted by Gasteiger charge is 2.15. The summed E-state index contributed by atoms with van der Waals surface area (Å²) in [6.45, 7) is 7.80. The molecule has 3 heteroatoms. The molecule has 0 aromatic heterocycles. The van der Waals surface area contributed by atoms with Crippen molar-refractivity contribution in [1.82, 2.24) is 5.32 Å². The van der Waals surface area contributed by atoms with E-state index in [-0.39, 0.29) is 11.9 Å². The third-order valence-corrected chi connectivity index (χ3v) is 2.58. The molecule has 2 atom stereocenters. The van der Waals surface area contributed by atoms with Crippen molar-refractivity contribution in [3.05, 3.63) is 47.8 Å². The lowest BCUT2D eigenvalue weighted by Crippen LogP contribution is -2.32. The van der Waals surface area contributed by atoms with Gasteiger partial charge in [-0.05, 0) is 31.0 Å². The van der Waals surface area contributed by atoms with Gasteiger partial charge in [0.15, 0.2) is 0 Å². The standard InChI is InChI=1S/C13H18FNO/c1-4-7-15-10(3)13(16)11-5-6-12(14)9(2)8-11/h4-6,8,10,13,15-16H,1,7H2,2-3H3. The minimum atomic E-state index is -0.640. The average molecular weight is 223 g/mol. The van der Waals surface area contributed by atoms with Crippen molar-refractivity contribution in [2.75, 3.05) is 6.54 Å². The van der Waals surface area contributed by atoms with E-state index in [1.807, 2.05) is 6.92 Å². The fourth-order valence-corrected chi connectivity index (χ4v) is 1.52. The fourth-order valence-electron chi connectivity index (χ4n) is 1.52. The predicted molar refractivity (Wildman–Crippen MR) is 63.8 cm³/mol. The molecule has 0 radical (unpaired) electrons. The largest absolute Gasteiger partial charge is 0.387 e. The summed E-state index contributed by atoms with van der Waals surface area (Å²) in [6, 6.07) is 4.57. The second kappa shape index (κ2) is 5.77. The monoisotopic (exact) mass is 223 g/mol. The minimum absolute atomic E-state index is 0.0946. The van der Waals surface area contributed by atoms with Crippen LogP contribution in [-0.2, 0) is 0 Å². The van der Waals surface area contributed by atoms with E-state index < -0.39 is 6.10 Å². The smallest absolute Gasteiger partial charge is 0.126 e. The molecule has 88 valence electrons. The number of aliphatic hydroxyl groups excluding tert-OH is 1. The molecule has 0 aliphatic rings. The van der Waals surface area contributed by atoms with Crippen LogP contribution in [0.25, 0.3) is 0 Å². The second-order valence-electron chi connectivity index (χ2n) is 3.94. The number of hydrogen-bond donors (Lipinski definition) is 2. The molecule has 1 aromatic carbocycles. The molecule has 1 rings (SSSR count). The van der Waals surface area contributed by atoms with E-state index in [0.717, 1.165) is 5.56 Å². The van der Waals surface area contributed by atoms with Gasteiger partial charge in [0.2, 0.25) is 0 Å². The summed E-state index contributed by atoms with van der Waals surface area (Å²) in [6.07, 6.45) is 1.10. The van der Waals surface area contributed by atoms with Crippen molar-refractivity contribution in [2.45, 2.75) is 26.0 Å². The molecule has 0 saturated carbocycles. The van der Waals surface area contributed by atoms with Gasteiger partial charge in [0.25, 0.3) is 0 Å². The summed E-state index contributed by atoms with van der Waals surface area (Å²) in [5.41, 5.74) is 1.27. The SMILES string of the molecule is C=CCNC(C)C(O)c1ccc(F)c(C)c1. The van der Waals surface area contributed by atoms with E-state index in [9.17, 15) is 9.50 Å². The Morgan fingerprint density at radius 1 is 1.56 bits per heavy atom. The quantitative estimate of drug-likeness (QED) is 0.751. The van der Waals surface area contributed by atoms with Crippen LogP contribution in [0.5, 0.6) is 0 Å². The van der Waals surface area contributed by atoms with Crippen LogP contribution in [0.3, 0.4) is 0 Å². The van der Waals surface area contributed by atoms with Crippen LogP contribution in [0.15, 0.2) is 30.9 Å². The Morgan fingerprint density at radius 2 is 2.25 bits per heavy atom. The van der Waals surface area contributed by atoms with Gasteiger partial charge >= 0.3 is 0 Å². The first-order valence-corrected chi connectivity index (χ1v) is 5.34. The maximum atomic E-state index is 13.1. The Labute approximate surface area is 95.8 Å². The zero-order valence-corrected chi connectivity index (χ0v) is 9.70. The average Bonchev–Trinajstić information content (AvgIpc) is 2.28. The van der Waals surface area contributed by atoms with Crippen LogP contribution in [0.4, 0.5) is 4.39 Å². The number of hydrogen-bond acceptors (Lipinski definition) is 2. The highest BCUT2D eigenvalue weighted by molar-refractivity contribution is 5.26. The second-order valence-corrected chi connectivity index (χ2v) is 3.94. The van der Waals surface area contributed by atoms with Crippen LogP contribution in [-0.4, -0.2) is 17.7 Å². The van der Waals surface area contributed by atoms with Gasteiger partial charge in [0, 0.05) is 12.6 Å². The molecule has 0 saturated heterocycles. The number of nitrogens with one attached hydrogen (secondary N) is 1. The summed E-state index contributed by atoms with van der Waals surface area (Å²) < 4.78 is 13.1. The molecule has 16 heavy (non-hydrogen) atoms. The van der Waals surface area contributed by atoms with Crippen LogP contribution >= 0.6 is 0 Å². The predicted octanol–water partition coefficient (Wildman–Crippen LogP) is 2.33. The normalized spacial score (nSPS) is 14.5. The number of aliphatic hydroxyl groups is 1. The summed E-state index contributed by atoms with van der Waals surface area (Å²) in [5, 5.41) is 13.1. The lowest BCUT2D eigenvalue weighted by atomic mass is 10.0. The van der Waals surface area contributed by atoms with Crippen molar-refractivity contribution >= 4 is 0 Å². The van der Waals surface area contributed by atoms with Gasteiger partial charge < -0.3 is 10.4 Å². The lowest BCUT2D eigenvalue weighted by molar-refractivity contribution is 0.138. The van der Waals surface area contributed by atoms with Crippen molar-refractivity contribution in [3.63, 3.8) is 0 Å². The highest BCUT2D eigenvalue weighted by Crippen LogP contribution is 2.19. The molecular formula is C13H18FNO. The Morgan fingerprint density at radius 3 is 2.81 bits per heavy atom. The topological polar surface area (TPSA) is 32.3 Å². The molecule has 0 amide bonds. The summed E-state index contributed by atoms with van der Waals surface area (Å²) >= 11 is 0. The minimum Gasteiger partial charge on any atom is -0.387 e. The molecule has 0 fully saturated rings. The number of aryl methyl sites for hydroxylation is 1. The third-order valence-electron chi connectivity index (χ3n) is 2.58. The molecule has 2 unspecified atom stereocenters. The van der Waals surface area contributed by atoms with Crippen LogP contribution < -0.4 is 5.32 Å². The van der Waals surface area contributed by atoms with Crippen LogP contribution in [0, 0.1) is 12.7 Å². The first-order chi connectivity index (χ1) is 7.56. The maximum Gasteiger partial charge on any atom is 0.126 e. The summed E-state index contributed by atoms with van der Waals surface area (Å²) in [5.74, 6) is -0.248. The molecule has 0 aliphatic heterocycles. The van der Waals surface area contributed by atoms with Crippen LogP contribution in [0.2, 0.25) is 0 Å². The zero-order chi connectivity index (χ0) is 12.1. The molecule has 0 aliphatic carbocycles. The van der Waals surface area contributed by atoms with Gasteiger partial charge in [-0.15, -0.1) is 6.58 Å². The van der Waals surface area contributed by atoms with Gasteiger partial charge in [-0.25, -0.2) is 4.39 Å². The lowest BCUT2D eigenvalue weighted by Gasteiger charge is -2.20. The Hall–Kier alpha value is -1.19. The van der Waals surface area contributed by atoms with Gasteiger partial charge in [-0.3, -0.25) is 0 Å². The third kappa shape index (κ3) is 3.15. The zero-order valence-electron chi connectivity index (χ0n) is 9.70. The van der Waals surface area contributed by atoms with Crippen molar-refractivity contribution < 1.29 is 9.50 Å². The van der Waals surface area contributed by atoms with Gasteiger partial charge in [0.05, 0.1) is 6.10 Å². The van der Waals surface area contributed by atoms with Gasteiger partial charge in [-0.1, -0.05) is 18.2 Å². The Bertz CT molecular complexity index is 365. The number of rotatable bonds is 5. The molecule has 2 N–H and O–H groups in total. The molecule has 0 heterocycles. The van der Waals surface area contributed by atoms with E-state index in [2.05, 4.69) is 11.9 Å². The van der Waals surface area contributed by atoms with Crippen LogP contribution in [0.1, 0.15) is 24.2 Å². The first-order valence-electron chi connectivity index (χ1n) is 5.34. The summed E-state index contributed by atoms with van der Waals surface area (Å²) in [4.78, 5) is 0. The summed E-state index contributed by atoms with van der Waals surface area (Å²) in [7, 11) is 0. The van der Waals surface area contributed by atoms with E-state index in [4.69, 9.17) is 0 Å². The number of benzene rings is 1. The van der Waals surface area contributed by atoms with Gasteiger partial charge in [-0.2, -0.15) is 0 Å². The van der Waals surface area contributed by atoms with E-state index in [1.165, 1.54) is 6.07 Å². The highest BCUT2D eigenvalue weighted by atomic mass is 19.1. The van der Waals surface area contributed by atoms with Gasteiger partial charge in [0.1, 0.15) is 5.82 Å². The molecule has 1 aromatic rings. The van der Waals surface area contributed by atoms with Crippen molar-refractivity contribution in [3.8, 4) is 0 Å². The molecule has 0 bridgehead atoms. The van der Waals surface area contributed by atoms with E-state index in [1.54, 1.807) is 25.1 Å². The first kappa shape index (κ1) is 12.9. The molecular weight excluding hydrogens is 205 g/mol. The Balaban J connectivity index is 2.75. The van der Waals surface area contributed by atoms with E-state index in [0.29, 0.717) is 12.1 Å². The molecule has 2 nitrogen and oxygen atoms in total. The van der Waals surface area contributed by atoms with Crippen molar-refractivity contribution in [1.29, 1.82) is 0 Å². The van der Waals surface area contributed by atoms with Crippen molar-refractivity contribution in [2.24, 2.45) is 0 Å². The Kier molecular flexibility index (Phi) is 4.65. The molecule has 0 spiro atoms. The number of halogens is 1. The fraction of sp³-hybridized carbons (Fsp3) is 0.385. The maximum absolute atomic E-state index is 13.1. The van der Waals surface area contributed by atoms with E-state index >= 15 is 0 Å².